The largest absolute Gasteiger partial charge is 0.469 e. The van der Waals surface area contributed by atoms with Crippen molar-refractivity contribution in [2.75, 3.05) is 6.54 Å². The summed E-state index contributed by atoms with van der Waals surface area (Å²) in [6, 6.07) is 7.00. The van der Waals surface area contributed by atoms with Gasteiger partial charge >= 0.3 is 0 Å². The molecule has 2 aromatic rings. The molecule has 0 spiro atoms. The second-order valence-corrected chi connectivity index (χ2v) is 4.90. The van der Waals surface area contributed by atoms with Gasteiger partial charge in [0.25, 0.3) is 0 Å². The first-order valence-corrected chi connectivity index (χ1v) is 6.71. The van der Waals surface area contributed by atoms with E-state index in [0.717, 1.165) is 23.4 Å². The standard InChI is InChI=1S/C15H17ClFNO/c1-3-18-15(12-6-7-19-10(12)2)9-11-4-5-13(16)14(17)8-11/h4-8,15,18H,3,9H2,1-2H3. The fourth-order valence-corrected chi connectivity index (χ4v) is 2.31. The van der Waals surface area contributed by atoms with Crippen molar-refractivity contribution in [1.29, 1.82) is 0 Å². The molecular formula is C15H17ClFNO. The van der Waals surface area contributed by atoms with Gasteiger partial charge in [-0.2, -0.15) is 0 Å². The summed E-state index contributed by atoms with van der Waals surface area (Å²) in [7, 11) is 0. The number of hydrogen-bond acceptors (Lipinski definition) is 2. The number of furan rings is 1. The zero-order valence-corrected chi connectivity index (χ0v) is 11.8. The van der Waals surface area contributed by atoms with Crippen LogP contribution in [0.25, 0.3) is 0 Å². The van der Waals surface area contributed by atoms with Crippen LogP contribution in [0, 0.1) is 12.7 Å². The fourth-order valence-electron chi connectivity index (χ4n) is 2.20. The van der Waals surface area contributed by atoms with Crippen molar-refractivity contribution < 1.29 is 8.81 Å². The first kappa shape index (κ1) is 14.1. The summed E-state index contributed by atoms with van der Waals surface area (Å²) < 4.78 is 18.8. The Morgan fingerprint density at radius 3 is 2.74 bits per heavy atom. The number of halogens is 2. The zero-order chi connectivity index (χ0) is 13.8. The zero-order valence-electron chi connectivity index (χ0n) is 11.0. The summed E-state index contributed by atoms with van der Waals surface area (Å²) in [6.45, 7) is 4.82. The first-order valence-electron chi connectivity index (χ1n) is 6.33. The van der Waals surface area contributed by atoms with E-state index in [1.807, 2.05) is 26.0 Å². The number of likely N-dealkylation sites (N-methyl/N-ethyl adjacent to an activating group) is 1. The Morgan fingerprint density at radius 2 is 2.16 bits per heavy atom. The highest BCUT2D eigenvalue weighted by atomic mass is 35.5. The summed E-state index contributed by atoms with van der Waals surface area (Å²) in [5.74, 6) is 0.513. The first-order chi connectivity index (χ1) is 9.11. The molecule has 1 aromatic carbocycles. The van der Waals surface area contributed by atoms with Gasteiger partial charge in [-0.3, -0.25) is 0 Å². The van der Waals surface area contributed by atoms with E-state index in [9.17, 15) is 4.39 Å². The maximum atomic E-state index is 13.5. The van der Waals surface area contributed by atoms with Crippen molar-refractivity contribution in [1.82, 2.24) is 5.32 Å². The molecule has 0 fully saturated rings. The van der Waals surface area contributed by atoms with Crippen LogP contribution in [0.4, 0.5) is 4.39 Å². The Bertz CT molecular complexity index is 553. The summed E-state index contributed by atoms with van der Waals surface area (Å²) in [4.78, 5) is 0. The normalized spacial score (nSPS) is 12.6. The van der Waals surface area contributed by atoms with Gasteiger partial charge < -0.3 is 9.73 Å². The SMILES string of the molecule is CCNC(Cc1ccc(Cl)c(F)c1)c1ccoc1C. The summed E-state index contributed by atoms with van der Waals surface area (Å²) in [6.07, 6.45) is 2.37. The lowest BCUT2D eigenvalue weighted by molar-refractivity contribution is 0.501. The van der Waals surface area contributed by atoms with Crippen molar-refractivity contribution >= 4 is 11.6 Å². The molecule has 0 aliphatic carbocycles. The second-order valence-electron chi connectivity index (χ2n) is 4.49. The van der Waals surface area contributed by atoms with Gasteiger partial charge in [0.15, 0.2) is 0 Å². The molecule has 0 bridgehead atoms. The Balaban J connectivity index is 2.21. The van der Waals surface area contributed by atoms with Crippen LogP contribution in [-0.2, 0) is 6.42 Å². The van der Waals surface area contributed by atoms with Crippen LogP contribution in [0.5, 0.6) is 0 Å². The number of nitrogens with one attached hydrogen (secondary N) is 1. The van der Waals surface area contributed by atoms with Crippen molar-refractivity contribution in [3.63, 3.8) is 0 Å². The quantitative estimate of drug-likeness (QED) is 0.885. The van der Waals surface area contributed by atoms with E-state index in [1.165, 1.54) is 6.07 Å². The van der Waals surface area contributed by atoms with Crippen LogP contribution in [0.1, 0.15) is 29.9 Å². The lowest BCUT2D eigenvalue weighted by Crippen LogP contribution is -2.23. The monoisotopic (exact) mass is 281 g/mol. The Hall–Kier alpha value is -1.32. The summed E-state index contributed by atoms with van der Waals surface area (Å²) in [5, 5.41) is 3.55. The van der Waals surface area contributed by atoms with Crippen LogP contribution in [-0.4, -0.2) is 6.54 Å². The minimum absolute atomic E-state index is 0.115. The molecular weight excluding hydrogens is 265 g/mol. The molecule has 1 unspecified atom stereocenters. The van der Waals surface area contributed by atoms with E-state index < -0.39 is 0 Å². The number of aryl methyl sites for hydroxylation is 1. The van der Waals surface area contributed by atoms with E-state index in [2.05, 4.69) is 5.32 Å². The highest BCUT2D eigenvalue weighted by Gasteiger charge is 2.16. The second kappa shape index (κ2) is 6.22. The molecule has 0 saturated carbocycles. The van der Waals surface area contributed by atoms with E-state index in [0.29, 0.717) is 6.42 Å². The van der Waals surface area contributed by atoms with Crippen molar-refractivity contribution in [2.24, 2.45) is 0 Å². The number of rotatable bonds is 5. The average molecular weight is 282 g/mol. The molecule has 1 heterocycles. The third-order valence-corrected chi connectivity index (χ3v) is 3.46. The molecule has 1 aromatic heterocycles. The Labute approximate surface area is 117 Å². The van der Waals surface area contributed by atoms with Gasteiger partial charge in [0.05, 0.1) is 11.3 Å². The minimum Gasteiger partial charge on any atom is -0.469 e. The smallest absolute Gasteiger partial charge is 0.142 e. The van der Waals surface area contributed by atoms with Crippen LogP contribution < -0.4 is 5.32 Å². The van der Waals surface area contributed by atoms with E-state index in [-0.39, 0.29) is 16.9 Å². The predicted molar refractivity (Wildman–Crippen MR) is 75.0 cm³/mol. The third kappa shape index (κ3) is 3.37. The molecule has 19 heavy (non-hydrogen) atoms. The lowest BCUT2D eigenvalue weighted by Gasteiger charge is -2.17. The van der Waals surface area contributed by atoms with Crippen molar-refractivity contribution in [2.45, 2.75) is 26.3 Å². The van der Waals surface area contributed by atoms with Crippen molar-refractivity contribution in [3.05, 3.63) is 58.3 Å². The van der Waals surface area contributed by atoms with Crippen LogP contribution >= 0.6 is 11.6 Å². The molecule has 102 valence electrons. The maximum Gasteiger partial charge on any atom is 0.142 e. The van der Waals surface area contributed by atoms with Gasteiger partial charge in [-0.05, 0) is 43.7 Å². The molecule has 2 rings (SSSR count). The van der Waals surface area contributed by atoms with Crippen molar-refractivity contribution in [3.8, 4) is 0 Å². The van der Waals surface area contributed by atoms with E-state index in [4.69, 9.17) is 16.0 Å². The Kier molecular flexibility index (Phi) is 4.61. The number of hydrogen-bond donors (Lipinski definition) is 1. The topological polar surface area (TPSA) is 25.2 Å². The van der Waals surface area contributed by atoms with Gasteiger partial charge in [0, 0.05) is 11.6 Å². The van der Waals surface area contributed by atoms with Gasteiger partial charge in [-0.25, -0.2) is 4.39 Å². The molecule has 4 heteroatoms. The predicted octanol–water partition coefficient (Wildman–Crippen LogP) is 4.27. The molecule has 0 aliphatic heterocycles. The van der Waals surface area contributed by atoms with Gasteiger partial charge in [-0.15, -0.1) is 0 Å². The molecule has 1 atom stereocenters. The van der Waals surface area contributed by atoms with E-state index >= 15 is 0 Å². The van der Waals surface area contributed by atoms with Gasteiger partial charge in [-0.1, -0.05) is 24.6 Å². The van der Waals surface area contributed by atoms with Gasteiger partial charge in [0.2, 0.25) is 0 Å². The average Bonchev–Trinajstić information content (AvgIpc) is 2.79. The summed E-state index contributed by atoms with van der Waals surface area (Å²) in [5.41, 5.74) is 2.02. The molecule has 2 nitrogen and oxygen atoms in total. The highest BCUT2D eigenvalue weighted by molar-refractivity contribution is 6.30. The van der Waals surface area contributed by atoms with Crippen LogP contribution in [0.15, 0.2) is 34.9 Å². The third-order valence-electron chi connectivity index (χ3n) is 3.15. The molecule has 0 radical (unpaired) electrons. The number of benzene rings is 1. The highest BCUT2D eigenvalue weighted by Crippen LogP contribution is 2.24. The summed E-state index contributed by atoms with van der Waals surface area (Å²) >= 11 is 5.70. The lowest BCUT2D eigenvalue weighted by atomic mass is 9.99. The molecule has 0 aliphatic rings. The molecule has 0 saturated heterocycles. The Morgan fingerprint density at radius 1 is 1.37 bits per heavy atom. The maximum absolute atomic E-state index is 13.5. The van der Waals surface area contributed by atoms with Crippen LogP contribution in [0.2, 0.25) is 5.02 Å². The van der Waals surface area contributed by atoms with Crippen LogP contribution in [0.3, 0.4) is 0 Å². The van der Waals surface area contributed by atoms with E-state index in [1.54, 1.807) is 12.3 Å². The molecule has 1 N–H and O–H groups in total. The minimum atomic E-state index is -0.377. The molecule has 0 amide bonds. The fraction of sp³-hybridized carbons (Fsp3) is 0.333. The van der Waals surface area contributed by atoms with Gasteiger partial charge in [0.1, 0.15) is 11.6 Å².